The number of hydrogen-bond donors (Lipinski definition) is 1. The van der Waals surface area contributed by atoms with Crippen molar-refractivity contribution in [3.63, 3.8) is 0 Å². The summed E-state index contributed by atoms with van der Waals surface area (Å²) >= 11 is 1.83. The monoisotopic (exact) mass is 289 g/mol. The lowest BCUT2D eigenvalue weighted by Crippen LogP contribution is -2.05. The maximum absolute atomic E-state index is 5.35. The van der Waals surface area contributed by atoms with Gasteiger partial charge in [0, 0.05) is 23.3 Å². The second kappa shape index (κ2) is 7.70. The minimum absolute atomic E-state index is 0.797. The molecule has 0 aliphatic heterocycles. The average molecular weight is 289 g/mol. The molecule has 0 amide bonds. The summed E-state index contributed by atoms with van der Waals surface area (Å²) in [7, 11) is 3.32. The van der Waals surface area contributed by atoms with Crippen LogP contribution in [0.4, 0.5) is 5.69 Å². The number of methoxy groups -OCH3 is 2. The van der Waals surface area contributed by atoms with Crippen LogP contribution in [0.2, 0.25) is 0 Å². The van der Waals surface area contributed by atoms with Crippen LogP contribution >= 0.6 is 11.8 Å². The molecule has 3 nitrogen and oxygen atoms in total. The van der Waals surface area contributed by atoms with Crippen LogP contribution in [0.5, 0.6) is 11.5 Å². The normalized spacial score (nSPS) is 10.1. The van der Waals surface area contributed by atoms with Crippen LogP contribution in [-0.4, -0.2) is 26.5 Å². The fourth-order valence-corrected chi connectivity index (χ4v) is 2.61. The Bertz CT molecular complexity index is 531. The van der Waals surface area contributed by atoms with Crippen molar-refractivity contribution in [3.05, 3.63) is 48.5 Å². The largest absolute Gasteiger partial charge is 0.497 e. The topological polar surface area (TPSA) is 30.5 Å². The van der Waals surface area contributed by atoms with Gasteiger partial charge in [0.05, 0.1) is 19.9 Å². The van der Waals surface area contributed by atoms with Crippen LogP contribution in [0.3, 0.4) is 0 Å². The van der Waals surface area contributed by atoms with E-state index in [1.165, 1.54) is 4.90 Å². The molecule has 0 unspecified atom stereocenters. The molecule has 0 bridgehead atoms. The van der Waals surface area contributed by atoms with Gasteiger partial charge in [-0.25, -0.2) is 0 Å². The highest BCUT2D eigenvalue weighted by molar-refractivity contribution is 7.99. The summed E-state index contributed by atoms with van der Waals surface area (Å²) < 4.78 is 10.5. The van der Waals surface area contributed by atoms with E-state index >= 15 is 0 Å². The van der Waals surface area contributed by atoms with Gasteiger partial charge in [0.1, 0.15) is 11.5 Å². The molecular formula is C16H19NO2S. The van der Waals surface area contributed by atoms with Crippen molar-refractivity contribution in [2.24, 2.45) is 0 Å². The zero-order chi connectivity index (χ0) is 14.2. The predicted octanol–water partition coefficient (Wildman–Crippen LogP) is 3.91. The highest BCUT2D eigenvalue weighted by atomic mass is 32.2. The van der Waals surface area contributed by atoms with Crippen LogP contribution in [0.25, 0.3) is 0 Å². The van der Waals surface area contributed by atoms with Crippen LogP contribution in [-0.2, 0) is 0 Å². The Morgan fingerprint density at radius 2 is 1.80 bits per heavy atom. The van der Waals surface area contributed by atoms with Crippen LogP contribution < -0.4 is 14.8 Å². The molecule has 0 heterocycles. The van der Waals surface area contributed by atoms with Crippen LogP contribution in [0, 0.1) is 0 Å². The van der Waals surface area contributed by atoms with Gasteiger partial charge < -0.3 is 14.8 Å². The Morgan fingerprint density at radius 1 is 1.00 bits per heavy atom. The van der Waals surface area contributed by atoms with Crippen molar-refractivity contribution in [3.8, 4) is 11.5 Å². The third-order valence-electron chi connectivity index (χ3n) is 2.84. The zero-order valence-electron chi connectivity index (χ0n) is 11.8. The molecule has 2 rings (SSSR count). The molecule has 0 saturated heterocycles. The molecule has 4 heteroatoms. The van der Waals surface area contributed by atoms with E-state index in [0.717, 1.165) is 29.5 Å². The Hall–Kier alpha value is -1.81. The van der Waals surface area contributed by atoms with Gasteiger partial charge in [-0.05, 0) is 24.3 Å². The fraction of sp³-hybridized carbons (Fsp3) is 0.250. The lowest BCUT2D eigenvalue weighted by molar-refractivity contribution is 0.395. The minimum atomic E-state index is 0.797. The number of anilines is 1. The highest BCUT2D eigenvalue weighted by Gasteiger charge is 2.04. The van der Waals surface area contributed by atoms with Gasteiger partial charge >= 0.3 is 0 Å². The lowest BCUT2D eigenvalue weighted by Gasteiger charge is -2.12. The second-order valence-corrected chi connectivity index (χ2v) is 5.32. The Labute approximate surface area is 124 Å². The average Bonchev–Trinajstić information content (AvgIpc) is 2.52. The van der Waals surface area contributed by atoms with Crippen LogP contribution in [0.1, 0.15) is 0 Å². The van der Waals surface area contributed by atoms with Gasteiger partial charge in [0.2, 0.25) is 0 Å². The Kier molecular flexibility index (Phi) is 5.62. The van der Waals surface area contributed by atoms with Gasteiger partial charge in [0.15, 0.2) is 0 Å². The van der Waals surface area contributed by atoms with Gasteiger partial charge in [-0.1, -0.05) is 18.2 Å². The van der Waals surface area contributed by atoms with Gasteiger partial charge in [-0.3, -0.25) is 0 Å². The molecule has 106 valence electrons. The van der Waals surface area contributed by atoms with Crippen molar-refractivity contribution in [1.29, 1.82) is 0 Å². The Morgan fingerprint density at radius 3 is 2.50 bits per heavy atom. The Balaban J connectivity index is 1.85. The number of nitrogens with one attached hydrogen (secondary N) is 1. The SMILES string of the molecule is COc1ccc(NCCSc2ccccc2)c(OC)c1. The van der Waals surface area contributed by atoms with E-state index in [2.05, 4.69) is 29.6 Å². The van der Waals surface area contributed by atoms with E-state index in [-0.39, 0.29) is 0 Å². The molecule has 1 N–H and O–H groups in total. The maximum atomic E-state index is 5.35. The van der Waals surface area contributed by atoms with Crippen molar-refractivity contribution < 1.29 is 9.47 Å². The summed E-state index contributed by atoms with van der Waals surface area (Å²) in [6.45, 7) is 0.877. The predicted molar refractivity (Wildman–Crippen MR) is 85.2 cm³/mol. The fourth-order valence-electron chi connectivity index (χ4n) is 1.82. The van der Waals surface area contributed by atoms with Crippen molar-refractivity contribution in [2.45, 2.75) is 4.90 Å². The molecule has 0 aromatic heterocycles. The smallest absolute Gasteiger partial charge is 0.145 e. The van der Waals surface area contributed by atoms with Crippen LogP contribution in [0.15, 0.2) is 53.4 Å². The molecule has 2 aromatic carbocycles. The minimum Gasteiger partial charge on any atom is -0.497 e. The quantitative estimate of drug-likeness (QED) is 0.618. The first kappa shape index (κ1) is 14.6. The summed E-state index contributed by atoms with van der Waals surface area (Å²) in [4.78, 5) is 1.29. The molecule has 2 aromatic rings. The molecule has 0 fully saturated rings. The zero-order valence-corrected chi connectivity index (χ0v) is 12.6. The van der Waals surface area contributed by atoms with Gasteiger partial charge in [-0.2, -0.15) is 0 Å². The van der Waals surface area contributed by atoms with E-state index in [1.807, 2.05) is 36.0 Å². The summed E-state index contributed by atoms with van der Waals surface area (Å²) in [6, 6.07) is 16.2. The number of thioether (sulfide) groups is 1. The first-order valence-corrected chi connectivity index (χ1v) is 7.46. The van der Waals surface area contributed by atoms with E-state index in [9.17, 15) is 0 Å². The number of hydrogen-bond acceptors (Lipinski definition) is 4. The maximum Gasteiger partial charge on any atom is 0.145 e. The molecule has 0 saturated carbocycles. The summed E-state index contributed by atoms with van der Waals surface area (Å²) in [5.41, 5.74) is 0.988. The van der Waals surface area contributed by atoms with E-state index in [0.29, 0.717) is 0 Å². The van der Waals surface area contributed by atoms with E-state index in [1.54, 1.807) is 14.2 Å². The van der Waals surface area contributed by atoms with Crippen molar-refractivity contribution in [1.82, 2.24) is 0 Å². The van der Waals surface area contributed by atoms with Crippen molar-refractivity contribution >= 4 is 17.4 Å². The lowest BCUT2D eigenvalue weighted by atomic mass is 10.2. The summed E-state index contributed by atoms with van der Waals surface area (Å²) in [6.07, 6.45) is 0. The summed E-state index contributed by atoms with van der Waals surface area (Å²) in [5, 5.41) is 3.38. The number of benzene rings is 2. The second-order valence-electron chi connectivity index (χ2n) is 4.15. The molecule has 20 heavy (non-hydrogen) atoms. The first-order valence-electron chi connectivity index (χ1n) is 6.47. The van der Waals surface area contributed by atoms with Gasteiger partial charge in [0.25, 0.3) is 0 Å². The molecule has 0 aliphatic rings. The molecule has 0 radical (unpaired) electrons. The van der Waals surface area contributed by atoms with E-state index in [4.69, 9.17) is 9.47 Å². The third-order valence-corrected chi connectivity index (χ3v) is 3.85. The highest BCUT2D eigenvalue weighted by Crippen LogP contribution is 2.29. The van der Waals surface area contributed by atoms with Crippen molar-refractivity contribution in [2.75, 3.05) is 31.8 Å². The number of ether oxygens (including phenoxy) is 2. The molecular weight excluding hydrogens is 270 g/mol. The third kappa shape index (κ3) is 4.10. The molecule has 0 atom stereocenters. The van der Waals surface area contributed by atoms with E-state index < -0.39 is 0 Å². The first-order chi connectivity index (χ1) is 9.83. The molecule has 0 aliphatic carbocycles. The number of rotatable bonds is 7. The summed E-state index contributed by atoms with van der Waals surface area (Å²) in [5.74, 6) is 2.60. The van der Waals surface area contributed by atoms with Gasteiger partial charge in [-0.15, -0.1) is 11.8 Å². The molecule has 0 spiro atoms. The standard InChI is InChI=1S/C16H19NO2S/c1-18-13-8-9-15(16(12-13)19-2)17-10-11-20-14-6-4-3-5-7-14/h3-9,12,17H,10-11H2,1-2H3.